The second kappa shape index (κ2) is 5.01. The zero-order chi connectivity index (χ0) is 13.1. The van der Waals surface area contributed by atoms with E-state index in [1.807, 2.05) is 6.92 Å². The number of nitrogens with zero attached hydrogens (tertiary/aromatic N) is 2. The summed E-state index contributed by atoms with van der Waals surface area (Å²) < 4.78 is 46.0. The van der Waals surface area contributed by atoms with Gasteiger partial charge in [0.05, 0.1) is 6.61 Å². The summed E-state index contributed by atoms with van der Waals surface area (Å²) in [5, 5.41) is 3.22. The van der Waals surface area contributed by atoms with Gasteiger partial charge in [-0.25, -0.2) is 0 Å². The largest absolute Gasteiger partial charge is 0.471 e. The molecule has 0 aliphatic heterocycles. The Morgan fingerprint density at radius 3 is 2.53 bits per heavy atom. The standard InChI is InChI=1S/C9H14F3N3O2/c1-3-4-16-5-8(2,13)6-14-7(17-15-6)9(10,11)12/h3-5,13H2,1-2H3. The Labute approximate surface area is 96.1 Å². The molecule has 0 aliphatic carbocycles. The monoisotopic (exact) mass is 253 g/mol. The lowest BCUT2D eigenvalue weighted by atomic mass is 10.1. The predicted molar refractivity (Wildman–Crippen MR) is 51.9 cm³/mol. The van der Waals surface area contributed by atoms with Gasteiger partial charge < -0.3 is 15.0 Å². The third kappa shape index (κ3) is 3.67. The van der Waals surface area contributed by atoms with Gasteiger partial charge in [-0.15, -0.1) is 0 Å². The number of hydrogen-bond donors (Lipinski definition) is 1. The van der Waals surface area contributed by atoms with E-state index in [0.29, 0.717) is 6.61 Å². The molecule has 2 N–H and O–H groups in total. The number of alkyl halides is 3. The number of rotatable bonds is 5. The van der Waals surface area contributed by atoms with Crippen molar-refractivity contribution in [3.8, 4) is 0 Å². The molecule has 1 rings (SSSR count). The van der Waals surface area contributed by atoms with Gasteiger partial charge in [-0.3, -0.25) is 0 Å². The third-order valence-electron chi connectivity index (χ3n) is 1.93. The Hall–Kier alpha value is -1.15. The normalized spacial score (nSPS) is 15.9. The van der Waals surface area contributed by atoms with Crippen molar-refractivity contribution in [2.24, 2.45) is 5.73 Å². The molecule has 1 heterocycles. The van der Waals surface area contributed by atoms with Crippen LogP contribution in [0.15, 0.2) is 4.52 Å². The van der Waals surface area contributed by atoms with E-state index >= 15 is 0 Å². The minimum absolute atomic E-state index is 0.0255. The maximum atomic E-state index is 12.2. The van der Waals surface area contributed by atoms with Crippen LogP contribution in [0.4, 0.5) is 13.2 Å². The number of hydrogen-bond acceptors (Lipinski definition) is 5. The van der Waals surface area contributed by atoms with Crippen LogP contribution >= 0.6 is 0 Å². The fraction of sp³-hybridized carbons (Fsp3) is 0.778. The molecular weight excluding hydrogens is 239 g/mol. The average Bonchev–Trinajstić information content (AvgIpc) is 2.66. The van der Waals surface area contributed by atoms with E-state index < -0.39 is 17.6 Å². The zero-order valence-electron chi connectivity index (χ0n) is 9.54. The molecule has 98 valence electrons. The van der Waals surface area contributed by atoms with Gasteiger partial charge in [0.2, 0.25) is 0 Å². The molecular formula is C9H14F3N3O2. The summed E-state index contributed by atoms with van der Waals surface area (Å²) in [6.45, 7) is 3.88. The van der Waals surface area contributed by atoms with E-state index in [2.05, 4.69) is 14.7 Å². The molecule has 1 aromatic heterocycles. The summed E-state index contributed by atoms with van der Waals surface area (Å²) in [6, 6.07) is 0. The van der Waals surface area contributed by atoms with Crippen LogP contribution in [0.3, 0.4) is 0 Å². The summed E-state index contributed by atoms with van der Waals surface area (Å²) in [4.78, 5) is 3.22. The minimum atomic E-state index is -4.66. The van der Waals surface area contributed by atoms with Crippen LogP contribution < -0.4 is 5.73 Å². The van der Waals surface area contributed by atoms with Gasteiger partial charge in [0, 0.05) is 6.61 Å². The first-order valence-corrected chi connectivity index (χ1v) is 5.05. The first-order valence-electron chi connectivity index (χ1n) is 5.05. The van der Waals surface area contributed by atoms with E-state index in [-0.39, 0.29) is 12.4 Å². The molecule has 1 unspecified atom stereocenters. The zero-order valence-corrected chi connectivity index (χ0v) is 9.54. The number of nitrogens with two attached hydrogens (primary N) is 1. The van der Waals surface area contributed by atoms with Crippen LogP contribution in [0.5, 0.6) is 0 Å². The summed E-state index contributed by atoms with van der Waals surface area (Å²) in [7, 11) is 0. The van der Waals surface area contributed by atoms with Crippen LogP contribution in [0, 0.1) is 0 Å². The van der Waals surface area contributed by atoms with Crippen molar-refractivity contribution < 1.29 is 22.4 Å². The van der Waals surface area contributed by atoms with Gasteiger partial charge in [-0.05, 0) is 13.3 Å². The van der Waals surface area contributed by atoms with Crippen molar-refractivity contribution in [1.29, 1.82) is 0 Å². The second-order valence-corrected chi connectivity index (χ2v) is 3.89. The van der Waals surface area contributed by atoms with Crippen LogP contribution in [0.25, 0.3) is 0 Å². The first-order chi connectivity index (χ1) is 7.77. The van der Waals surface area contributed by atoms with Crippen LogP contribution in [-0.2, 0) is 16.5 Å². The van der Waals surface area contributed by atoms with Crippen molar-refractivity contribution >= 4 is 0 Å². The topological polar surface area (TPSA) is 74.2 Å². The first kappa shape index (κ1) is 13.9. The van der Waals surface area contributed by atoms with Gasteiger partial charge in [0.25, 0.3) is 0 Å². The molecule has 0 saturated carbocycles. The maximum absolute atomic E-state index is 12.2. The SMILES string of the molecule is CCCOCC(C)(N)c1noc(C(F)(F)F)n1. The number of ether oxygens (including phenoxy) is 1. The number of aromatic nitrogens is 2. The lowest BCUT2D eigenvalue weighted by Crippen LogP contribution is -2.39. The lowest BCUT2D eigenvalue weighted by molar-refractivity contribution is -0.159. The predicted octanol–water partition coefficient (Wildman–Crippen LogP) is 1.69. The molecule has 0 saturated heterocycles. The van der Waals surface area contributed by atoms with Crippen molar-refractivity contribution in [2.45, 2.75) is 32.0 Å². The van der Waals surface area contributed by atoms with E-state index in [9.17, 15) is 13.2 Å². The molecule has 5 nitrogen and oxygen atoms in total. The molecule has 0 fully saturated rings. The quantitative estimate of drug-likeness (QED) is 0.808. The molecule has 0 amide bonds. The van der Waals surface area contributed by atoms with Crippen molar-refractivity contribution in [1.82, 2.24) is 10.1 Å². The highest BCUT2D eigenvalue weighted by Gasteiger charge is 2.40. The Morgan fingerprint density at radius 1 is 1.41 bits per heavy atom. The molecule has 0 aromatic carbocycles. The van der Waals surface area contributed by atoms with Gasteiger partial charge in [0.1, 0.15) is 5.54 Å². The molecule has 17 heavy (non-hydrogen) atoms. The summed E-state index contributed by atoms with van der Waals surface area (Å²) in [5.74, 6) is -1.62. The van der Waals surface area contributed by atoms with E-state index in [0.717, 1.165) is 6.42 Å². The van der Waals surface area contributed by atoms with Crippen molar-refractivity contribution in [2.75, 3.05) is 13.2 Å². The lowest BCUT2D eigenvalue weighted by Gasteiger charge is -2.19. The highest BCUT2D eigenvalue weighted by atomic mass is 19.4. The molecule has 8 heteroatoms. The average molecular weight is 253 g/mol. The van der Waals surface area contributed by atoms with Gasteiger partial charge in [-0.2, -0.15) is 18.2 Å². The van der Waals surface area contributed by atoms with Crippen molar-refractivity contribution in [3.05, 3.63) is 11.7 Å². The van der Waals surface area contributed by atoms with Gasteiger partial charge in [0.15, 0.2) is 5.82 Å². The second-order valence-electron chi connectivity index (χ2n) is 3.89. The Morgan fingerprint density at radius 2 is 2.06 bits per heavy atom. The maximum Gasteiger partial charge on any atom is 0.471 e. The molecule has 0 spiro atoms. The van der Waals surface area contributed by atoms with Crippen molar-refractivity contribution in [3.63, 3.8) is 0 Å². The summed E-state index contributed by atoms with van der Waals surface area (Å²) in [6.07, 6.45) is -3.87. The fourth-order valence-electron chi connectivity index (χ4n) is 1.06. The molecule has 1 aromatic rings. The Kier molecular flexibility index (Phi) is 4.10. The van der Waals surface area contributed by atoms with Gasteiger partial charge >= 0.3 is 12.1 Å². The van der Waals surface area contributed by atoms with Crippen LogP contribution in [-0.4, -0.2) is 23.4 Å². The highest BCUT2D eigenvalue weighted by Crippen LogP contribution is 2.28. The fourth-order valence-corrected chi connectivity index (χ4v) is 1.06. The van der Waals surface area contributed by atoms with E-state index in [1.165, 1.54) is 6.92 Å². The van der Waals surface area contributed by atoms with Crippen LogP contribution in [0.2, 0.25) is 0 Å². The van der Waals surface area contributed by atoms with Crippen LogP contribution in [0.1, 0.15) is 32.0 Å². The summed E-state index contributed by atoms with van der Waals surface area (Å²) in [5.41, 5.74) is 4.55. The molecule has 1 atom stereocenters. The smallest absolute Gasteiger partial charge is 0.379 e. The Balaban J connectivity index is 2.74. The third-order valence-corrected chi connectivity index (χ3v) is 1.93. The summed E-state index contributed by atoms with van der Waals surface area (Å²) >= 11 is 0. The Bertz CT molecular complexity index is 363. The van der Waals surface area contributed by atoms with Gasteiger partial charge in [-0.1, -0.05) is 12.1 Å². The minimum Gasteiger partial charge on any atom is -0.379 e. The van der Waals surface area contributed by atoms with E-state index in [1.54, 1.807) is 0 Å². The number of halogens is 3. The molecule has 0 radical (unpaired) electrons. The highest BCUT2D eigenvalue weighted by molar-refractivity contribution is 5.02. The molecule has 0 aliphatic rings. The molecule has 0 bridgehead atoms. The van der Waals surface area contributed by atoms with E-state index in [4.69, 9.17) is 10.5 Å².